The van der Waals surface area contributed by atoms with E-state index in [1.54, 1.807) is 16.2 Å². The summed E-state index contributed by atoms with van der Waals surface area (Å²) < 4.78 is 26.2. The molecule has 10 heteroatoms. The predicted molar refractivity (Wildman–Crippen MR) is 108 cm³/mol. The number of halogens is 1. The van der Waals surface area contributed by atoms with Crippen LogP contribution in [-0.4, -0.2) is 73.5 Å². The van der Waals surface area contributed by atoms with Crippen LogP contribution in [0.25, 0.3) is 10.2 Å². The van der Waals surface area contributed by atoms with E-state index >= 15 is 0 Å². The first-order valence-electron chi connectivity index (χ1n) is 8.89. The van der Waals surface area contributed by atoms with Crippen LogP contribution < -0.4 is 4.90 Å². The molecule has 4 rings (SSSR count). The maximum Gasteiger partial charge on any atom is 0.241 e. The molecule has 1 unspecified atom stereocenters. The Morgan fingerprint density at radius 2 is 1.96 bits per heavy atom. The van der Waals surface area contributed by atoms with E-state index in [1.807, 2.05) is 18.2 Å². The summed E-state index contributed by atoms with van der Waals surface area (Å²) in [6.07, 6.45) is 2.51. The van der Waals surface area contributed by atoms with Crippen LogP contribution in [0.1, 0.15) is 12.8 Å². The van der Waals surface area contributed by atoms with Crippen molar-refractivity contribution in [3.8, 4) is 0 Å². The van der Waals surface area contributed by atoms with Crippen molar-refractivity contribution in [2.75, 3.05) is 43.9 Å². The number of benzene rings is 1. The van der Waals surface area contributed by atoms with Gasteiger partial charge in [0.1, 0.15) is 6.04 Å². The van der Waals surface area contributed by atoms with E-state index in [9.17, 15) is 13.2 Å². The summed E-state index contributed by atoms with van der Waals surface area (Å²) in [5, 5.41) is 1.62. The molecule has 146 valence electrons. The van der Waals surface area contributed by atoms with Crippen LogP contribution in [0.3, 0.4) is 0 Å². The molecule has 0 spiro atoms. The van der Waals surface area contributed by atoms with Gasteiger partial charge in [-0.15, -0.1) is 0 Å². The molecule has 0 saturated carbocycles. The smallest absolute Gasteiger partial charge is 0.241 e. The SMILES string of the molecule is CS(=O)(=O)N1CCCC1C(=O)N1CCN(c2nc3ccc(Cl)cc3s2)CC1. The number of piperazine rings is 1. The van der Waals surface area contributed by atoms with Crippen molar-refractivity contribution < 1.29 is 13.2 Å². The third-order valence-electron chi connectivity index (χ3n) is 5.12. The highest BCUT2D eigenvalue weighted by Gasteiger charge is 2.39. The number of hydrogen-bond donors (Lipinski definition) is 0. The molecule has 0 radical (unpaired) electrons. The minimum atomic E-state index is -3.35. The van der Waals surface area contributed by atoms with Gasteiger partial charge in [0.25, 0.3) is 0 Å². The Bertz CT molecular complexity index is 970. The standard InChI is InChI=1S/C17H21ClN4O3S2/c1-27(24,25)22-6-2-3-14(22)16(23)20-7-9-21(10-8-20)17-19-13-5-4-12(18)11-15(13)26-17/h4-5,11,14H,2-3,6-10H2,1H3. The molecule has 2 saturated heterocycles. The molecule has 0 aliphatic carbocycles. The van der Waals surface area contributed by atoms with Crippen molar-refractivity contribution >= 4 is 54.2 Å². The van der Waals surface area contributed by atoms with Gasteiger partial charge in [-0.2, -0.15) is 4.31 Å². The number of anilines is 1. The zero-order valence-electron chi connectivity index (χ0n) is 15.0. The highest BCUT2D eigenvalue weighted by Crippen LogP contribution is 2.31. The monoisotopic (exact) mass is 428 g/mol. The molecule has 2 aliphatic rings. The third kappa shape index (κ3) is 3.78. The summed E-state index contributed by atoms with van der Waals surface area (Å²) in [5.41, 5.74) is 0.924. The van der Waals surface area contributed by atoms with Crippen LogP contribution >= 0.6 is 22.9 Å². The minimum Gasteiger partial charge on any atom is -0.345 e. The second-order valence-electron chi connectivity index (χ2n) is 6.95. The first-order valence-corrected chi connectivity index (χ1v) is 11.9. The van der Waals surface area contributed by atoms with Gasteiger partial charge in [0.2, 0.25) is 15.9 Å². The number of rotatable bonds is 3. The lowest BCUT2D eigenvalue weighted by molar-refractivity contribution is -0.134. The molecule has 1 aromatic carbocycles. The average molecular weight is 429 g/mol. The summed E-state index contributed by atoms with van der Waals surface area (Å²) in [4.78, 5) is 21.5. The lowest BCUT2D eigenvalue weighted by Crippen LogP contribution is -2.54. The summed E-state index contributed by atoms with van der Waals surface area (Å²) >= 11 is 7.64. The molecule has 27 heavy (non-hydrogen) atoms. The van der Waals surface area contributed by atoms with E-state index in [2.05, 4.69) is 9.88 Å². The van der Waals surface area contributed by atoms with Crippen molar-refractivity contribution in [1.82, 2.24) is 14.2 Å². The fourth-order valence-electron chi connectivity index (χ4n) is 3.73. The van der Waals surface area contributed by atoms with E-state index in [0.717, 1.165) is 21.8 Å². The van der Waals surface area contributed by atoms with Crippen LogP contribution in [-0.2, 0) is 14.8 Å². The Morgan fingerprint density at radius 1 is 1.22 bits per heavy atom. The van der Waals surface area contributed by atoms with Gasteiger partial charge in [0, 0.05) is 37.7 Å². The van der Waals surface area contributed by atoms with Crippen LogP contribution in [0, 0.1) is 0 Å². The van der Waals surface area contributed by atoms with Gasteiger partial charge in [0.05, 0.1) is 16.5 Å². The number of thiazole rings is 1. The third-order valence-corrected chi connectivity index (χ3v) is 7.72. The molecule has 1 aromatic heterocycles. The predicted octanol–water partition coefficient (Wildman–Crippen LogP) is 2.02. The van der Waals surface area contributed by atoms with Crippen molar-refractivity contribution in [3.05, 3.63) is 23.2 Å². The lowest BCUT2D eigenvalue weighted by atomic mass is 10.2. The van der Waals surface area contributed by atoms with Gasteiger partial charge in [0.15, 0.2) is 5.13 Å². The molecular formula is C17H21ClN4O3S2. The molecule has 3 heterocycles. The molecule has 0 N–H and O–H groups in total. The number of hydrogen-bond acceptors (Lipinski definition) is 6. The molecule has 7 nitrogen and oxygen atoms in total. The molecule has 1 amide bonds. The van der Waals surface area contributed by atoms with E-state index in [0.29, 0.717) is 44.2 Å². The second kappa shape index (κ2) is 7.20. The average Bonchev–Trinajstić information content (AvgIpc) is 3.27. The molecule has 0 bridgehead atoms. The molecule has 2 fully saturated rings. The Morgan fingerprint density at radius 3 is 2.67 bits per heavy atom. The minimum absolute atomic E-state index is 0.0753. The fraction of sp³-hybridized carbons (Fsp3) is 0.529. The molecule has 2 aromatic rings. The summed E-state index contributed by atoms with van der Waals surface area (Å²) in [6.45, 7) is 2.95. The first kappa shape index (κ1) is 18.9. The lowest BCUT2D eigenvalue weighted by Gasteiger charge is -2.36. The van der Waals surface area contributed by atoms with Gasteiger partial charge in [-0.25, -0.2) is 13.4 Å². The maximum atomic E-state index is 12.9. The van der Waals surface area contributed by atoms with Crippen molar-refractivity contribution in [1.29, 1.82) is 0 Å². The van der Waals surface area contributed by atoms with Gasteiger partial charge in [-0.3, -0.25) is 4.79 Å². The molecular weight excluding hydrogens is 408 g/mol. The van der Waals surface area contributed by atoms with E-state index in [4.69, 9.17) is 11.6 Å². The van der Waals surface area contributed by atoms with Crippen LogP contribution in [0.4, 0.5) is 5.13 Å². The zero-order valence-corrected chi connectivity index (χ0v) is 17.4. The van der Waals surface area contributed by atoms with E-state index in [1.165, 1.54) is 10.6 Å². The van der Waals surface area contributed by atoms with E-state index in [-0.39, 0.29) is 5.91 Å². The Hall–Kier alpha value is -1.42. The fourth-order valence-corrected chi connectivity index (χ4v) is 6.15. The molecule has 1 atom stereocenters. The first-order chi connectivity index (χ1) is 12.8. The highest BCUT2D eigenvalue weighted by atomic mass is 35.5. The highest BCUT2D eigenvalue weighted by molar-refractivity contribution is 7.88. The topological polar surface area (TPSA) is 73.8 Å². The quantitative estimate of drug-likeness (QED) is 0.747. The molecule has 2 aliphatic heterocycles. The largest absolute Gasteiger partial charge is 0.345 e. The van der Waals surface area contributed by atoms with Gasteiger partial charge >= 0.3 is 0 Å². The number of sulfonamides is 1. The van der Waals surface area contributed by atoms with Gasteiger partial charge in [-0.05, 0) is 31.0 Å². The number of aromatic nitrogens is 1. The Balaban J connectivity index is 1.43. The number of nitrogens with zero attached hydrogens (tertiary/aromatic N) is 4. The summed E-state index contributed by atoms with van der Waals surface area (Å²) in [5.74, 6) is -0.0753. The van der Waals surface area contributed by atoms with Crippen LogP contribution in [0.15, 0.2) is 18.2 Å². The van der Waals surface area contributed by atoms with Crippen LogP contribution in [0.5, 0.6) is 0 Å². The second-order valence-corrected chi connectivity index (χ2v) is 10.3. The van der Waals surface area contributed by atoms with Gasteiger partial charge < -0.3 is 9.80 Å². The summed E-state index contributed by atoms with van der Waals surface area (Å²) in [7, 11) is -3.35. The Labute approximate surface area is 167 Å². The van der Waals surface area contributed by atoms with Crippen molar-refractivity contribution in [2.45, 2.75) is 18.9 Å². The number of carbonyl (C=O) groups excluding carboxylic acids is 1. The normalized spacial score (nSPS) is 21.9. The Kier molecular flexibility index (Phi) is 5.04. The van der Waals surface area contributed by atoms with Gasteiger partial charge in [-0.1, -0.05) is 22.9 Å². The number of fused-ring (bicyclic) bond motifs is 1. The number of carbonyl (C=O) groups is 1. The summed E-state index contributed by atoms with van der Waals surface area (Å²) in [6, 6.07) is 5.12. The van der Waals surface area contributed by atoms with Crippen molar-refractivity contribution in [2.24, 2.45) is 0 Å². The van der Waals surface area contributed by atoms with Crippen molar-refractivity contribution in [3.63, 3.8) is 0 Å². The zero-order chi connectivity index (χ0) is 19.2. The van der Waals surface area contributed by atoms with E-state index < -0.39 is 16.1 Å². The number of amides is 1. The van der Waals surface area contributed by atoms with Crippen LogP contribution in [0.2, 0.25) is 5.02 Å². The maximum absolute atomic E-state index is 12.9.